The van der Waals surface area contributed by atoms with Crippen LogP contribution in [0.3, 0.4) is 0 Å². The standard InChI is InChI=1S/C7H14O8S/c1-16(13,14)15-7-5(11)3(9)2(8)4(10)6(7)12/h2-12H,1H3/t2?,3-,4+,5-,6-,7?/m1/s1. The summed E-state index contributed by atoms with van der Waals surface area (Å²) in [4.78, 5) is 0. The topological polar surface area (TPSA) is 145 Å². The first-order chi connectivity index (χ1) is 7.15. The molecule has 0 heterocycles. The van der Waals surface area contributed by atoms with Gasteiger partial charge in [-0.2, -0.15) is 8.42 Å². The summed E-state index contributed by atoms with van der Waals surface area (Å²) in [5.41, 5.74) is 0. The fraction of sp³-hybridized carbons (Fsp3) is 1.00. The van der Waals surface area contributed by atoms with Crippen molar-refractivity contribution in [3.63, 3.8) is 0 Å². The highest BCUT2D eigenvalue weighted by molar-refractivity contribution is 7.86. The van der Waals surface area contributed by atoms with Crippen molar-refractivity contribution in [3.05, 3.63) is 0 Å². The van der Waals surface area contributed by atoms with E-state index < -0.39 is 46.7 Å². The summed E-state index contributed by atoms with van der Waals surface area (Å²) in [5.74, 6) is 0. The monoisotopic (exact) mass is 258 g/mol. The zero-order chi connectivity index (χ0) is 12.7. The van der Waals surface area contributed by atoms with E-state index in [9.17, 15) is 34.0 Å². The van der Waals surface area contributed by atoms with Gasteiger partial charge >= 0.3 is 0 Å². The van der Waals surface area contributed by atoms with E-state index in [-0.39, 0.29) is 0 Å². The maximum absolute atomic E-state index is 10.8. The molecule has 1 saturated carbocycles. The minimum Gasteiger partial charge on any atom is -0.387 e. The molecule has 5 N–H and O–H groups in total. The molecule has 1 aliphatic carbocycles. The van der Waals surface area contributed by atoms with Gasteiger partial charge in [0.1, 0.15) is 36.6 Å². The lowest BCUT2D eigenvalue weighted by Gasteiger charge is -2.40. The fourth-order valence-corrected chi connectivity index (χ4v) is 2.14. The van der Waals surface area contributed by atoms with E-state index in [1.807, 2.05) is 0 Å². The van der Waals surface area contributed by atoms with Gasteiger partial charge in [-0.05, 0) is 0 Å². The second-order valence-electron chi connectivity index (χ2n) is 3.72. The van der Waals surface area contributed by atoms with Crippen molar-refractivity contribution in [3.8, 4) is 0 Å². The molecule has 8 nitrogen and oxygen atoms in total. The van der Waals surface area contributed by atoms with Gasteiger partial charge in [0.25, 0.3) is 10.1 Å². The van der Waals surface area contributed by atoms with Crippen LogP contribution < -0.4 is 0 Å². The first-order valence-electron chi connectivity index (χ1n) is 4.43. The van der Waals surface area contributed by atoms with Gasteiger partial charge in [-0.25, -0.2) is 0 Å². The van der Waals surface area contributed by atoms with Gasteiger partial charge in [0.05, 0.1) is 6.26 Å². The summed E-state index contributed by atoms with van der Waals surface area (Å²) in [6.45, 7) is 0. The molecule has 6 atom stereocenters. The SMILES string of the molecule is CS(=O)(=O)OC1[C@H](O)[C@H](O)C(O)[C@H](O)[C@H]1O. The third kappa shape index (κ3) is 2.69. The van der Waals surface area contributed by atoms with Crippen molar-refractivity contribution in [2.45, 2.75) is 36.6 Å². The quantitative estimate of drug-likeness (QED) is 0.317. The molecule has 9 heteroatoms. The van der Waals surface area contributed by atoms with Gasteiger partial charge in [-0.3, -0.25) is 4.18 Å². The molecule has 0 aromatic heterocycles. The van der Waals surface area contributed by atoms with Crippen LogP contribution in [0, 0.1) is 0 Å². The maximum Gasteiger partial charge on any atom is 0.264 e. The third-order valence-corrected chi connectivity index (χ3v) is 2.93. The van der Waals surface area contributed by atoms with E-state index in [0.717, 1.165) is 0 Å². The molecule has 1 fully saturated rings. The van der Waals surface area contributed by atoms with Gasteiger partial charge < -0.3 is 25.5 Å². The predicted octanol–water partition coefficient (Wildman–Crippen LogP) is -3.85. The van der Waals surface area contributed by atoms with E-state index >= 15 is 0 Å². The maximum atomic E-state index is 10.8. The van der Waals surface area contributed by atoms with Crippen LogP contribution >= 0.6 is 0 Å². The van der Waals surface area contributed by atoms with Crippen molar-refractivity contribution in [2.24, 2.45) is 0 Å². The lowest BCUT2D eigenvalue weighted by molar-refractivity contribution is -0.216. The number of rotatable bonds is 2. The zero-order valence-electron chi connectivity index (χ0n) is 8.33. The van der Waals surface area contributed by atoms with Crippen LogP contribution in [0.5, 0.6) is 0 Å². The summed E-state index contributed by atoms with van der Waals surface area (Å²) in [7, 11) is -3.98. The summed E-state index contributed by atoms with van der Waals surface area (Å²) in [6.07, 6.45) is -10.0. The molecular formula is C7H14O8S. The number of aliphatic hydroxyl groups is 5. The molecule has 2 unspecified atom stereocenters. The molecule has 0 aliphatic heterocycles. The van der Waals surface area contributed by atoms with Gasteiger partial charge in [0.2, 0.25) is 0 Å². The average molecular weight is 258 g/mol. The number of hydrogen-bond acceptors (Lipinski definition) is 8. The van der Waals surface area contributed by atoms with Crippen molar-refractivity contribution >= 4 is 10.1 Å². The highest BCUT2D eigenvalue weighted by atomic mass is 32.2. The van der Waals surface area contributed by atoms with Crippen LogP contribution in [-0.4, -0.2) is 76.8 Å². The minimum atomic E-state index is -3.98. The van der Waals surface area contributed by atoms with Crippen molar-refractivity contribution in [1.29, 1.82) is 0 Å². The Labute approximate surface area is 91.8 Å². The van der Waals surface area contributed by atoms with E-state index in [2.05, 4.69) is 4.18 Å². The fourth-order valence-electron chi connectivity index (χ4n) is 1.51. The molecule has 0 amide bonds. The van der Waals surface area contributed by atoms with Crippen molar-refractivity contribution in [1.82, 2.24) is 0 Å². The first-order valence-corrected chi connectivity index (χ1v) is 6.25. The number of aliphatic hydroxyl groups excluding tert-OH is 5. The van der Waals surface area contributed by atoms with Crippen LogP contribution in [0.15, 0.2) is 0 Å². The van der Waals surface area contributed by atoms with Crippen molar-refractivity contribution < 1.29 is 38.1 Å². The Balaban J connectivity index is 2.91. The van der Waals surface area contributed by atoms with E-state index in [4.69, 9.17) is 0 Å². The first kappa shape index (κ1) is 13.8. The molecule has 0 spiro atoms. The molecule has 1 aliphatic rings. The molecular weight excluding hydrogens is 244 g/mol. The smallest absolute Gasteiger partial charge is 0.264 e. The second kappa shape index (κ2) is 4.53. The molecule has 0 aromatic carbocycles. The van der Waals surface area contributed by atoms with Crippen LogP contribution in [0.1, 0.15) is 0 Å². The Morgan fingerprint density at radius 3 is 1.44 bits per heavy atom. The van der Waals surface area contributed by atoms with Gasteiger partial charge in [-0.1, -0.05) is 0 Å². The molecule has 16 heavy (non-hydrogen) atoms. The normalized spacial score (nSPS) is 45.6. The Bertz CT molecular complexity index is 324. The summed E-state index contributed by atoms with van der Waals surface area (Å²) >= 11 is 0. The Morgan fingerprint density at radius 1 is 0.812 bits per heavy atom. The molecule has 0 radical (unpaired) electrons. The zero-order valence-corrected chi connectivity index (χ0v) is 9.15. The lowest BCUT2D eigenvalue weighted by Crippen LogP contribution is -2.64. The van der Waals surface area contributed by atoms with Gasteiger partial charge in [-0.15, -0.1) is 0 Å². The number of hydrogen-bond donors (Lipinski definition) is 5. The summed E-state index contributed by atoms with van der Waals surface area (Å²) < 4.78 is 26.0. The molecule has 0 bridgehead atoms. The van der Waals surface area contributed by atoms with Gasteiger partial charge in [0.15, 0.2) is 0 Å². The molecule has 0 aromatic rings. The highest BCUT2D eigenvalue weighted by Crippen LogP contribution is 2.24. The largest absolute Gasteiger partial charge is 0.387 e. The van der Waals surface area contributed by atoms with Crippen LogP contribution in [0.25, 0.3) is 0 Å². The molecule has 96 valence electrons. The van der Waals surface area contributed by atoms with Crippen LogP contribution in [-0.2, 0) is 14.3 Å². The Hall–Kier alpha value is -0.290. The molecule has 1 rings (SSSR count). The second-order valence-corrected chi connectivity index (χ2v) is 5.32. The Morgan fingerprint density at radius 2 is 1.12 bits per heavy atom. The van der Waals surface area contributed by atoms with Gasteiger partial charge in [0, 0.05) is 0 Å². The molecule has 0 saturated heterocycles. The van der Waals surface area contributed by atoms with Crippen LogP contribution in [0.2, 0.25) is 0 Å². The van der Waals surface area contributed by atoms with E-state index in [1.165, 1.54) is 0 Å². The van der Waals surface area contributed by atoms with E-state index in [1.54, 1.807) is 0 Å². The lowest BCUT2D eigenvalue weighted by atomic mass is 9.85. The van der Waals surface area contributed by atoms with E-state index in [0.29, 0.717) is 6.26 Å². The minimum absolute atomic E-state index is 0.691. The average Bonchev–Trinajstić information content (AvgIpc) is 2.17. The summed E-state index contributed by atoms with van der Waals surface area (Å²) in [5, 5.41) is 46.5. The third-order valence-electron chi connectivity index (χ3n) is 2.36. The Kier molecular flexibility index (Phi) is 3.90. The highest BCUT2D eigenvalue weighted by Gasteiger charge is 2.50. The predicted molar refractivity (Wildman–Crippen MR) is 49.8 cm³/mol. The van der Waals surface area contributed by atoms with Crippen LogP contribution in [0.4, 0.5) is 0 Å². The summed E-state index contributed by atoms with van der Waals surface area (Å²) in [6, 6.07) is 0. The van der Waals surface area contributed by atoms with Crippen molar-refractivity contribution in [2.75, 3.05) is 6.26 Å².